The van der Waals surface area contributed by atoms with E-state index in [1.807, 2.05) is 13.0 Å². The monoisotopic (exact) mass is 347 g/mol. The summed E-state index contributed by atoms with van der Waals surface area (Å²) in [6.07, 6.45) is 1.60. The maximum absolute atomic E-state index is 10.1. The van der Waals surface area contributed by atoms with Crippen LogP contribution in [0.25, 0.3) is 0 Å². The zero-order chi connectivity index (χ0) is 16.2. The third-order valence-electron chi connectivity index (χ3n) is 2.87. The highest BCUT2D eigenvalue weighted by Gasteiger charge is 2.10. The first-order chi connectivity index (χ1) is 10.7. The van der Waals surface area contributed by atoms with Crippen LogP contribution >= 0.6 is 22.9 Å². The van der Waals surface area contributed by atoms with E-state index in [1.54, 1.807) is 6.07 Å². The molecule has 3 N–H and O–H groups in total. The molecule has 0 spiro atoms. The minimum Gasteiger partial charge on any atom is -0.386 e. The second-order valence-corrected chi connectivity index (χ2v) is 6.52. The van der Waals surface area contributed by atoms with Crippen molar-refractivity contribution < 1.29 is 9.84 Å². The molecule has 0 aliphatic carbocycles. The summed E-state index contributed by atoms with van der Waals surface area (Å²) in [5, 5.41) is 16.4. The molecule has 0 aromatic carbocycles. The summed E-state index contributed by atoms with van der Waals surface area (Å²) < 4.78 is 6.17. The number of rotatable bonds is 10. The van der Waals surface area contributed by atoms with Crippen molar-refractivity contribution in [3.63, 3.8) is 0 Å². The van der Waals surface area contributed by atoms with Gasteiger partial charge in [0.15, 0.2) is 5.96 Å². The van der Waals surface area contributed by atoms with Crippen LogP contribution in [0.5, 0.6) is 0 Å². The van der Waals surface area contributed by atoms with Gasteiger partial charge in [0, 0.05) is 24.6 Å². The van der Waals surface area contributed by atoms with Crippen molar-refractivity contribution in [3.05, 3.63) is 21.3 Å². The summed E-state index contributed by atoms with van der Waals surface area (Å²) in [6.45, 7) is 7.34. The summed E-state index contributed by atoms with van der Waals surface area (Å²) >= 11 is 7.25. The molecule has 0 saturated heterocycles. The fraction of sp³-hybridized carbons (Fsp3) is 0.667. The Labute approximate surface area is 141 Å². The van der Waals surface area contributed by atoms with Gasteiger partial charge in [-0.05, 0) is 25.5 Å². The highest BCUT2D eigenvalue weighted by atomic mass is 35.5. The molecule has 0 amide bonds. The van der Waals surface area contributed by atoms with Crippen molar-refractivity contribution in [2.24, 2.45) is 4.99 Å². The first kappa shape index (κ1) is 19.2. The molecule has 0 radical (unpaired) electrons. The van der Waals surface area contributed by atoms with Gasteiger partial charge >= 0.3 is 0 Å². The zero-order valence-electron chi connectivity index (χ0n) is 13.3. The first-order valence-electron chi connectivity index (χ1n) is 7.70. The van der Waals surface area contributed by atoms with Crippen LogP contribution < -0.4 is 10.6 Å². The Morgan fingerprint density at radius 3 is 2.82 bits per heavy atom. The Kier molecular flexibility index (Phi) is 10.2. The lowest BCUT2D eigenvalue weighted by molar-refractivity contribution is 0.136. The second-order valence-electron chi connectivity index (χ2n) is 4.77. The minimum absolute atomic E-state index is 0.295. The van der Waals surface area contributed by atoms with Crippen molar-refractivity contribution in [2.75, 3.05) is 32.8 Å². The number of ether oxygens (including phenoxy) is 1. The Hall–Kier alpha value is -0.820. The van der Waals surface area contributed by atoms with Gasteiger partial charge in [-0.3, -0.25) is 4.99 Å². The maximum atomic E-state index is 10.1. The third kappa shape index (κ3) is 7.98. The van der Waals surface area contributed by atoms with Gasteiger partial charge in [-0.2, -0.15) is 0 Å². The van der Waals surface area contributed by atoms with Crippen molar-refractivity contribution in [1.82, 2.24) is 10.6 Å². The molecule has 1 aromatic heterocycles. The number of nitrogens with one attached hydrogen (secondary N) is 2. The number of unbranched alkanes of at least 4 members (excludes halogenated alkanes) is 1. The molecule has 0 aliphatic rings. The molecule has 1 atom stereocenters. The summed E-state index contributed by atoms with van der Waals surface area (Å²) in [5.41, 5.74) is 0. The van der Waals surface area contributed by atoms with E-state index in [0.29, 0.717) is 30.0 Å². The number of thiophene rings is 1. The summed E-state index contributed by atoms with van der Waals surface area (Å²) in [7, 11) is 0. The van der Waals surface area contributed by atoms with Gasteiger partial charge in [0.05, 0.1) is 17.5 Å². The zero-order valence-corrected chi connectivity index (χ0v) is 14.8. The molecule has 126 valence electrons. The molecule has 1 heterocycles. The Morgan fingerprint density at radius 1 is 1.36 bits per heavy atom. The molecule has 5 nitrogen and oxygen atoms in total. The van der Waals surface area contributed by atoms with E-state index < -0.39 is 6.10 Å². The van der Waals surface area contributed by atoms with Crippen molar-refractivity contribution >= 4 is 28.9 Å². The SMILES string of the molecule is CCCCOCCNC(=NCC(O)c1ccc(Cl)s1)NCC. The van der Waals surface area contributed by atoms with Crippen LogP contribution in [0.3, 0.4) is 0 Å². The molecular formula is C15H26ClN3O2S. The number of aliphatic hydroxyl groups excluding tert-OH is 1. The summed E-state index contributed by atoms with van der Waals surface area (Å²) in [5.74, 6) is 0.684. The Bertz CT molecular complexity index is 440. The lowest BCUT2D eigenvalue weighted by atomic mass is 10.3. The number of hydrogen-bond donors (Lipinski definition) is 3. The van der Waals surface area contributed by atoms with Crippen molar-refractivity contribution in [2.45, 2.75) is 32.8 Å². The van der Waals surface area contributed by atoms with Crippen molar-refractivity contribution in [3.8, 4) is 0 Å². The topological polar surface area (TPSA) is 65.9 Å². The summed E-state index contributed by atoms with van der Waals surface area (Å²) in [6, 6.07) is 3.61. The Morgan fingerprint density at radius 2 is 2.18 bits per heavy atom. The van der Waals surface area contributed by atoms with Gasteiger partial charge in [0.2, 0.25) is 0 Å². The highest BCUT2D eigenvalue weighted by molar-refractivity contribution is 7.16. The van der Waals surface area contributed by atoms with Crippen LogP contribution in [-0.2, 0) is 4.74 Å². The molecule has 0 fully saturated rings. The molecule has 1 unspecified atom stereocenters. The average molecular weight is 348 g/mol. The van der Waals surface area contributed by atoms with Crippen molar-refractivity contribution in [1.29, 1.82) is 0 Å². The van der Waals surface area contributed by atoms with Gasteiger partial charge < -0.3 is 20.5 Å². The molecule has 22 heavy (non-hydrogen) atoms. The van der Waals surface area contributed by atoms with Crippen LogP contribution in [0, 0.1) is 0 Å². The third-order valence-corrected chi connectivity index (χ3v) is 4.20. The number of halogens is 1. The maximum Gasteiger partial charge on any atom is 0.191 e. The van der Waals surface area contributed by atoms with Gasteiger partial charge in [0.1, 0.15) is 6.10 Å². The fourth-order valence-electron chi connectivity index (χ4n) is 1.71. The van der Waals surface area contributed by atoms with Gasteiger partial charge in [-0.15, -0.1) is 11.3 Å². The van der Waals surface area contributed by atoms with E-state index in [1.165, 1.54) is 11.3 Å². The lowest BCUT2D eigenvalue weighted by Crippen LogP contribution is -2.39. The smallest absolute Gasteiger partial charge is 0.191 e. The predicted octanol–water partition coefficient (Wildman–Crippen LogP) is 2.81. The Balaban J connectivity index is 2.34. The quantitative estimate of drug-likeness (QED) is 0.346. The van der Waals surface area contributed by atoms with E-state index >= 15 is 0 Å². The number of aliphatic hydroxyl groups is 1. The average Bonchev–Trinajstić information content (AvgIpc) is 2.94. The molecule has 0 bridgehead atoms. The molecule has 0 aliphatic heterocycles. The fourth-order valence-corrected chi connectivity index (χ4v) is 2.75. The van der Waals surface area contributed by atoms with Gasteiger partial charge in [-0.1, -0.05) is 24.9 Å². The number of nitrogens with zero attached hydrogens (tertiary/aromatic N) is 1. The van der Waals surface area contributed by atoms with E-state index in [-0.39, 0.29) is 0 Å². The van der Waals surface area contributed by atoms with Crippen LogP contribution in [0.15, 0.2) is 17.1 Å². The number of guanidine groups is 1. The molecule has 1 aromatic rings. The predicted molar refractivity (Wildman–Crippen MR) is 94.0 cm³/mol. The van der Waals surface area contributed by atoms with E-state index in [0.717, 1.165) is 30.9 Å². The first-order valence-corrected chi connectivity index (χ1v) is 8.90. The van der Waals surface area contributed by atoms with E-state index in [9.17, 15) is 5.11 Å². The second kappa shape index (κ2) is 11.7. The standard InChI is InChI=1S/C15H26ClN3O2S/c1-3-5-9-21-10-8-18-15(17-4-2)19-11-12(20)13-6-7-14(16)22-13/h6-7,12,20H,3-5,8-11H2,1-2H3,(H2,17,18,19). The normalized spacial score (nSPS) is 13.2. The molecule has 1 rings (SSSR count). The number of aliphatic imine (C=N–C) groups is 1. The molecular weight excluding hydrogens is 322 g/mol. The molecule has 0 saturated carbocycles. The van der Waals surface area contributed by atoms with Crippen LogP contribution in [0.1, 0.15) is 37.7 Å². The van der Waals surface area contributed by atoms with Gasteiger partial charge in [-0.25, -0.2) is 0 Å². The number of hydrogen-bond acceptors (Lipinski definition) is 4. The molecule has 7 heteroatoms. The van der Waals surface area contributed by atoms with Crippen LogP contribution in [0.2, 0.25) is 4.34 Å². The highest BCUT2D eigenvalue weighted by Crippen LogP contribution is 2.26. The van der Waals surface area contributed by atoms with E-state index in [2.05, 4.69) is 22.5 Å². The van der Waals surface area contributed by atoms with Crippen LogP contribution in [-0.4, -0.2) is 43.9 Å². The van der Waals surface area contributed by atoms with Gasteiger partial charge in [0.25, 0.3) is 0 Å². The summed E-state index contributed by atoms with van der Waals surface area (Å²) in [4.78, 5) is 5.21. The lowest BCUT2D eigenvalue weighted by Gasteiger charge is -2.12. The van der Waals surface area contributed by atoms with E-state index in [4.69, 9.17) is 16.3 Å². The van der Waals surface area contributed by atoms with Crippen LogP contribution in [0.4, 0.5) is 0 Å². The minimum atomic E-state index is -0.631. The largest absolute Gasteiger partial charge is 0.386 e.